The van der Waals surface area contributed by atoms with E-state index < -0.39 is 0 Å². The molecule has 4 rings (SSSR count). The molecule has 1 nitrogen and oxygen atoms in total. The molecule has 0 radical (unpaired) electrons. The molecule has 3 aromatic rings. The molecule has 0 fully saturated rings. The Balaban J connectivity index is 1.57. The van der Waals surface area contributed by atoms with E-state index in [-0.39, 0.29) is 0 Å². The Morgan fingerprint density at radius 1 is 0.640 bits per heavy atom. The number of hydrogen-bond acceptors (Lipinski definition) is 1. The van der Waals surface area contributed by atoms with Crippen LogP contribution in [0, 0.1) is 0 Å². The van der Waals surface area contributed by atoms with Crippen LogP contribution in [-0.2, 0) is 25.9 Å². The number of benzene rings is 3. The van der Waals surface area contributed by atoms with E-state index in [1.165, 1.54) is 35.1 Å². The van der Waals surface area contributed by atoms with Crippen molar-refractivity contribution in [1.82, 2.24) is 4.90 Å². The fraction of sp³-hybridized carbons (Fsp3) is 0.250. The molecular weight excluding hydrogens is 302 g/mol. The molecule has 1 heteroatoms. The van der Waals surface area contributed by atoms with Crippen LogP contribution in [0.25, 0.3) is 0 Å². The lowest BCUT2D eigenvalue weighted by Gasteiger charge is -2.35. The van der Waals surface area contributed by atoms with Crippen molar-refractivity contribution in [1.29, 1.82) is 0 Å². The van der Waals surface area contributed by atoms with Gasteiger partial charge in [0.05, 0.1) is 0 Å². The lowest BCUT2D eigenvalue weighted by Crippen LogP contribution is -2.38. The summed E-state index contributed by atoms with van der Waals surface area (Å²) >= 11 is 0. The first kappa shape index (κ1) is 16.1. The summed E-state index contributed by atoms with van der Waals surface area (Å²) in [4.78, 5) is 2.67. The highest BCUT2D eigenvalue weighted by Gasteiger charge is 2.24. The van der Waals surface area contributed by atoms with Crippen LogP contribution in [0.5, 0.6) is 0 Å². The number of fused-ring (bicyclic) bond motifs is 1. The third-order valence-corrected chi connectivity index (χ3v) is 5.29. The van der Waals surface area contributed by atoms with Crippen molar-refractivity contribution in [3.63, 3.8) is 0 Å². The zero-order valence-corrected chi connectivity index (χ0v) is 14.6. The minimum absolute atomic E-state index is 0.607. The minimum atomic E-state index is 0.607. The predicted octanol–water partition coefficient (Wildman–Crippen LogP) is 5.25. The summed E-state index contributed by atoms with van der Waals surface area (Å²) in [6, 6.07) is 31.3. The molecule has 1 atom stereocenters. The van der Waals surface area contributed by atoms with Gasteiger partial charge in [0.25, 0.3) is 0 Å². The van der Waals surface area contributed by atoms with Gasteiger partial charge in [-0.25, -0.2) is 0 Å². The van der Waals surface area contributed by atoms with Crippen LogP contribution in [0.3, 0.4) is 0 Å². The van der Waals surface area contributed by atoms with Crippen LogP contribution in [0.15, 0.2) is 84.9 Å². The molecule has 1 aliphatic carbocycles. The van der Waals surface area contributed by atoms with Crippen LogP contribution in [0.4, 0.5) is 0 Å². The van der Waals surface area contributed by atoms with E-state index in [1.54, 1.807) is 0 Å². The number of rotatable bonds is 5. The maximum Gasteiger partial charge on any atom is 0.0240 e. The molecule has 0 heterocycles. The lowest BCUT2D eigenvalue weighted by atomic mass is 9.87. The van der Waals surface area contributed by atoms with Gasteiger partial charge in [0.2, 0.25) is 0 Å². The van der Waals surface area contributed by atoms with Crippen molar-refractivity contribution in [2.24, 2.45) is 0 Å². The van der Waals surface area contributed by atoms with E-state index in [4.69, 9.17) is 0 Å². The summed E-state index contributed by atoms with van der Waals surface area (Å²) in [6.45, 7) is 2.03. The van der Waals surface area contributed by atoms with E-state index in [0.717, 1.165) is 19.5 Å². The van der Waals surface area contributed by atoms with Crippen LogP contribution in [0.1, 0.15) is 28.7 Å². The van der Waals surface area contributed by atoms with Crippen molar-refractivity contribution in [2.45, 2.75) is 38.4 Å². The third kappa shape index (κ3) is 4.00. The van der Waals surface area contributed by atoms with Gasteiger partial charge in [-0.2, -0.15) is 0 Å². The molecule has 0 unspecified atom stereocenters. The summed E-state index contributed by atoms with van der Waals surface area (Å²) in [5, 5.41) is 0. The highest BCUT2D eigenvalue weighted by Crippen LogP contribution is 2.26. The van der Waals surface area contributed by atoms with Crippen molar-refractivity contribution < 1.29 is 0 Å². The number of nitrogens with zero attached hydrogens (tertiary/aromatic N) is 1. The van der Waals surface area contributed by atoms with E-state index in [1.807, 2.05) is 0 Å². The predicted molar refractivity (Wildman–Crippen MR) is 104 cm³/mol. The zero-order valence-electron chi connectivity index (χ0n) is 14.6. The summed E-state index contributed by atoms with van der Waals surface area (Å²) in [7, 11) is 0. The molecule has 0 saturated heterocycles. The van der Waals surface area contributed by atoms with Gasteiger partial charge < -0.3 is 0 Å². The van der Waals surface area contributed by atoms with Gasteiger partial charge >= 0.3 is 0 Å². The summed E-state index contributed by atoms with van der Waals surface area (Å²) in [5.74, 6) is 0. The van der Waals surface area contributed by atoms with Gasteiger partial charge in [0.1, 0.15) is 0 Å². The van der Waals surface area contributed by atoms with Gasteiger partial charge in [-0.05, 0) is 41.5 Å². The molecule has 25 heavy (non-hydrogen) atoms. The lowest BCUT2D eigenvalue weighted by molar-refractivity contribution is 0.162. The van der Waals surface area contributed by atoms with E-state index >= 15 is 0 Å². The Hall–Kier alpha value is -2.38. The van der Waals surface area contributed by atoms with Crippen molar-refractivity contribution in [3.05, 3.63) is 107 Å². The number of aryl methyl sites for hydroxylation is 1. The third-order valence-electron chi connectivity index (χ3n) is 5.29. The standard InChI is InChI=1S/C24H25N/c1-3-9-20(10-4-1)18-25(19-21-11-5-2-6-12-21)24-16-15-22-13-7-8-14-23(22)17-24/h1-14,24H,15-19H2/t24-/m1/s1. The molecule has 126 valence electrons. The van der Waals surface area contributed by atoms with Gasteiger partial charge in [-0.3, -0.25) is 4.90 Å². The Morgan fingerprint density at radius 3 is 1.76 bits per heavy atom. The molecule has 0 saturated carbocycles. The first-order valence-electron chi connectivity index (χ1n) is 9.27. The van der Waals surface area contributed by atoms with Gasteiger partial charge in [-0.15, -0.1) is 0 Å². The summed E-state index contributed by atoms with van der Waals surface area (Å²) < 4.78 is 0. The normalized spacial score (nSPS) is 16.6. The molecule has 0 aromatic heterocycles. The minimum Gasteiger partial charge on any atom is -0.292 e. The Bertz CT molecular complexity index is 753. The van der Waals surface area contributed by atoms with E-state index in [0.29, 0.717) is 6.04 Å². The van der Waals surface area contributed by atoms with Crippen molar-refractivity contribution in [3.8, 4) is 0 Å². The Labute approximate surface area is 150 Å². The van der Waals surface area contributed by atoms with Gasteiger partial charge in [-0.1, -0.05) is 84.9 Å². The zero-order chi connectivity index (χ0) is 16.9. The molecule has 0 bridgehead atoms. The topological polar surface area (TPSA) is 3.24 Å². The maximum atomic E-state index is 2.67. The first-order valence-corrected chi connectivity index (χ1v) is 9.27. The van der Waals surface area contributed by atoms with Crippen molar-refractivity contribution >= 4 is 0 Å². The van der Waals surface area contributed by atoms with Crippen molar-refractivity contribution in [2.75, 3.05) is 0 Å². The maximum absolute atomic E-state index is 2.67. The molecule has 0 spiro atoms. The highest BCUT2D eigenvalue weighted by atomic mass is 15.2. The number of hydrogen-bond donors (Lipinski definition) is 0. The monoisotopic (exact) mass is 327 g/mol. The first-order chi connectivity index (χ1) is 12.4. The fourth-order valence-electron chi connectivity index (χ4n) is 3.94. The van der Waals surface area contributed by atoms with E-state index in [9.17, 15) is 0 Å². The SMILES string of the molecule is c1ccc(CN(Cc2ccccc2)[C@@H]2CCc3ccccc3C2)cc1. The molecule has 0 aliphatic heterocycles. The smallest absolute Gasteiger partial charge is 0.0240 e. The van der Waals surface area contributed by atoms with Gasteiger partial charge in [0, 0.05) is 19.1 Å². The Kier molecular flexibility index (Phi) is 4.94. The summed E-state index contributed by atoms with van der Waals surface area (Å²) in [6.07, 6.45) is 3.60. The second kappa shape index (κ2) is 7.67. The quantitative estimate of drug-likeness (QED) is 0.619. The van der Waals surface area contributed by atoms with Crippen LogP contribution in [0.2, 0.25) is 0 Å². The average Bonchev–Trinajstić information content (AvgIpc) is 2.69. The average molecular weight is 327 g/mol. The van der Waals surface area contributed by atoms with Gasteiger partial charge in [0.15, 0.2) is 0 Å². The second-order valence-electron chi connectivity index (χ2n) is 7.04. The Morgan fingerprint density at radius 2 is 1.16 bits per heavy atom. The second-order valence-corrected chi connectivity index (χ2v) is 7.04. The van der Waals surface area contributed by atoms with E-state index in [2.05, 4.69) is 89.8 Å². The molecule has 3 aromatic carbocycles. The molecular formula is C24H25N. The largest absolute Gasteiger partial charge is 0.292 e. The van der Waals surface area contributed by atoms with Crippen LogP contribution in [-0.4, -0.2) is 10.9 Å². The fourth-order valence-corrected chi connectivity index (χ4v) is 3.94. The summed E-state index contributed by atoms with van der Waals surface area (Å²) in [5.41, 5.74) is 5.87. The van der Waals surface area contributed by atoms with Crippen LogP contribution >= 0.6 is 0 Å². The van der Waals surface area contributed by atoms with Crippen LogP contribution < -0.4 is 0 Å². The molecule has 0 amide bonds. The molecule has 1 aliphatic rings. The highest BCUT2D eigenvalue weighted by molar-refractivity contribution is 5.30. The molecule has 0 N–H and O–H groups in total.